The fourth-order valence-electron chi connectivity index (χ4n) is 5.45. The number of aromatic nitrogens is 8. The number of anilines is 1. The van der Waals surface area contributed by atoms with Crippen LogP contribution in [-0.2, 0) is 24.8 Å². The fourth-order valence-corrected chi connectivity index (χ4v) is 5.45. The second kappa shape index (κ2) is 10.5. The Morgan fingerprint density at radius 1 is 1.12 bits per heavy atom. The van der Waals surface area contributed by atoms with Crippen LogP contribution < -0.4 is 16.2 Å². The van der Waals surface area contributed by atoms with E-state index in [1.54, 1.807) is 30.9 Å². The smallest absolute Gasteiger partial charge is 0.299 e. The minimum absolute atomic E-state index is 0.0341. The molecular formula is C27H28FN11O4. The predicted molar refractivity (Wildman–Crippen MR) is 152 cm³/mol. The maximum Gasteiger partial charge on any atom is 0.299 e. The third-order valence-corrected chi connectivity index (χ3v) is 7.51. The van der Waals surface area contributed by atoms with Gasteiger partial charge in [-0.2, -0.15) is 14.6 Å². The summed E-state index contributed by atoms with van der Waals surface area (Å²) in [5, 5.41) is 19.5. The van der Waals surface area contributed by atoms with Crippen LogP contribution >= 0.6 is 0 Å². The van der Waals surface area contributed by atoms with E-state index in [1.165, 1.54) is 21.9 Å². The van der Waals surface area contributed by atoms with Gasteiger partial charge in [0.15, 0.2) is 17.3 Å². The number of halogens is 1. The number of nitrogens with two attached hydrogens (primary N) is 1. The molecule has 0 spiro atoms. The number of rotatable bonds is 6. The van der Waals surface area contributed by atoms with Gasteiger partial charge in [-0.1, -0.05) is 6.92 Å². The van der Waals surface area contributed by atoms with Gasteiger partial charge >= 0.3 is 0 Å². The molecule has 5 aromatic rings. The van der Waals surface area contributed by atoms with Crippen LogP contribution in [0.4, 0.5) is 10.1 Å². The Kier molecular flexibility index (Phi) is 6.74. The van der Waals surface area contributed by atoms with Gasteiger partial charge in [0.05, 0.1) is 22.5 Å². The van der Waals surface area contributed by atoms with Crippen LogP contribution in [0.25, 0.3) is 28.1 Å². The average molecular weight is 590 g/mol. The number of benzene rings is 1. The highest BCUT2D eigenvalue weighted by molar-refractivity contribution is 5.95. The standard InChI is InChI=1S/C27H28FN11O4/c1-4-19-22(36-5-7-37(8-6-36)25(42)21-23(41)14(2)30-13-31-21)26(43)39-27(38(19)12-20(29)40)32-24(34-39)16-9-15-11-35(3)33-18(15)10-17(16)28/h9-11,13,41H,4-8,12H2,1-3H3,(H2,29,40). The number of hydrogen-bond acceptors (Lipinski definition) is 10. The Morgan fingerprint density at radius 2 is 1.86 bits per heavy atom. The monoisotopic (exact) mass is 589 g/mol. The summed E-state index contributed by atoms with van der Waals surface area (Å²) in [5.74, 6) is -1.98. The van der Waals surface area contributed by atoms with Gasteiger partial charge in [-0.15, -0.1) is 5.10 Å². The van der Waals surface area contributed by atoms with Gasteiger partial charge in [-0.05, 0) is 19.4 Å². The zero-order valence-corrected chi connectivity index (χ0v) is 23.7. The van der Waals surface area contributed by atoms with E-state index in [9.17, 15) is 19.5 Å². The number of carbonyl (C=O) groups excluding carboxylic acids is 2. The molecule has 3 N–H and O–H groups in total. The van der Waals surface area contributed by atoms with Gasteiger partial charge in [0.1, 0.15) is 24.4 Å². The maximum atomic E-state index is 15.2. The molecule has 1 saturated heterocycles. The molecule has 1 aliphatic rings. The molecule has 2 amide bonds. The van der Waals surface area contributed by atoms with E-state index in [-0.39, 0.29) is 67.0 Å². The van der Waals surface area contributed by atoms with Gasteiger partial charge in [0.2, 0.25) is 11.7 Å². The van der Waals surface area contributed by atoms with Crippen molar-refractivity contribution in [1.82, 2.24) is 43.8 Å². The predicted octanol–water partition coefficient (Wildman–Crippen LogP) is 0.398. The molecule has 0 bridgehead atoms. The van der Waals surface area contributed by atoms with E-state index in [0.29, 0.717) is 28.7 Å². The minimum atomic E-state index is -0.658. The molecule has 222 valence electrons. The highest BCUT2D eigenvalue weighted by Gasteiger charge is 2.30. The van der Waals surface area contributed by atoms with Crippen molar-refractivity contribution in [2.75, 3.05) is 31.1 Å². The van der Waals surface area contributed by atoms with Crippen LogP contribution in [0.3, 0.4) is 0 Å². The largest absolute Gasteiger partial charge is 0.504 e. The Labute approximate surface area is 243 Å². The lowest BCUT2D eigenvalue weighted by atomic mass is 10.1. The van der Waals surface area contributed by atoms with Crippen molar-refractivity contribution in [3.8, 4) is 17.1 Å². The number of fused-ring (bicyclic) bond motifs is 2. The number of hydrogen-bond donors (Lipinski definition) is 2. The third kappa shape index (κ3) is 4.69. The number of aryl methyl sites for hydroxylation is 2. The summed E-state index contributed by atoms with van der Waals surface area (Å²) in [4.78, 5) is 54.9. The number of nitrogens with zero attached hydrogens (tertiary/aromatic N) is 10. The molecule has 1 aliphatic heterocycles. The van der Waals surface area contributed by atoms with E-state index < -0.39 is 23.2 Å². The van der Waals surface area contributed by atoms with Crippen LogP contribution in [0, 0.1) is 12.7 Å². The van der Waals surface area contributed by atoms with Crippen molar-refractivity contribution in [2.24, 2.45) is 12.8 Å². The highest BCUT2D eigenvalue weighted by atomic mass is 19.1. The molecule has 0 atom stereocenters. The van der Waals surface area contributed by atoms with Crippen molar-refractivity contribution >= 4 is 34.2 Å². The Balaban J connectivity index is 1.41. The van der Waals surface area contributed by atoms with Gasteiger partial charge < -0.3 is 25.2 Å². The van der Waals surface area contributed by atoms with Crippen molar-refractivity contribution < 1.29 is 19.1 Å². The molecule has 1 aromatic carbocycles. The van der Waals surface area contributed by atoms with Crippen molar-refractivity contribution in [3.05, 3.63) is 57.9 Å². The minimum Gasteiger partial charge on any atom is -0.504 e. The van der Waals surface area contributed by atoms with Gasteiger partial charge in [-0.3, -0.25) is 19.1 Å². The van der Waals surface area contributed by atoms with E-state index in [0.717, 1.165) is 4.52 Å². The molecule has 16 heteroatoms. The maximum absolute atomic E-state index is 15.2. The summed E-state index contributed by atoms with van der Waals surface area (Å²) >= 11 is 0. The van der Waals surface area contributed by atoms with Crippen molar-refractivity contribution in [2.45, 2.75) is 26.8 Å². The van der Waals surface area contributed by atoms with Crippen LogP contribution in [0.5, 0.6) is 5.75 Å². The number of primary amides is 1. The van der Waals surface area contributed by atoms with E-state index in [1.807, 2.05) is 11.8 Å². The molecule has 0 saturated carbocycles. The first-order valence-electron chi connectivity index (χ1n) is 13.6. The molecule has 43 heavy (non-hydrogen) atoms. The lowest BCUT2D eigenvalue weighted by Crippen LogP contribution is -2.51. The Morgan fingerprint density at radius 3 is 2.56 bits per heavy atom. The molecule has 0 radical (unpaired) electrons. The molecule has 0 aliphatic carbocycles. The van der Waals surface area contributed by atoms with Gasteiger partial charge in [0.25, 0.3) is 11.5 Å². The summed E-state index contributed by atoms with van der Waals surface area (Å²) in [5.41, 5.74) is 6.60. The van der Waals surface area contributed by atoms with Crippen molar-refractivity contribution in [3.63, 3.8) is 0 Å². The molecule has 0 unspecified atom stereocenters. The normalized spacial score (nSPS) is 13.8. The zero-order valence-electron chi connectivity index (χ0n) is 23.7. The van der Waals surface area contributed by atoms with Crippen LogP contribution in [0.15, 0.2) is 29.5 Å². The molecule has 1 fully saturated rings. The summed E-state index contributed by atoms with van der Waals surface area (Å²) in [7, 11) is 1.72. The Bertz CT molecular complexity index is 1990. The van der Waals surface area contributed by atoms with Gasteiger partial charge in [0, 0.05) is 50.9 Å². The van der Waals surface area contributed by atoms with Gasteiger partial charge in [-0.25, -0.2) is 14.4 Å². The lowest BCUT2D eigenvalue weighted by Gasteiger charge is -2.36. The summed E-state index contributed by atoms with van der Waals surface area (Å²) in [6, 6.07) is 2.84. The average Bonchev–Trinajstić information content (AvgIpc) is 3.58. The van der Waals surface area contributed by atoms with Crippen LogP contribution in [0.1, 0.15) is 28.8 Å². The SMILES string of the molecule is CCc1c(N2CCN(C(=O)c3ncnc(C)c3O)CC2)c(=O)n2nc(-c3cc4cn(C)nc4cc3F)nc2n1CC(N)=O. The molecular weight excluding hydrogens is 561 g/mol. The molecule has 6 rings (SSSR count). The summed E-state index contributed by atoms with van der Waals surface area (Å²) in [6.45, 7) is 4.13. The topological polar surface area (TPSA) is 183 Å². The number of amides is 2. The lowest BCUT2D eigenvalue weighted by molar-refractivity contribution is -0.118. The highest BCUT2D eigenvalue weighted by Crippen LogP contribution is 2.27. The van der Waals surface area contributed by atoms with E-state index >= 15 is 4.39 Å². The first-order chi connectivity index (χ1) is 20.6. The molecule has 15 nitrogen and oxygen atoms in total. The summed E-state index contributed by atoms with van der Waals surface area (Å²) < 4.78 is 19.3. The number of piperazine rings is 1. The van der Waals surface area contributed by atoms with Crippen molar-refractivity contribution in [1.29, 1.82) is 0 Å². The van der Waals surface area contributed by atoms with E-state index in [4.69, 9.17) is 5.73 Å². The number of carbonyl (C=O) groups is 2. The number of aromatic hydroxyl groups is 1. The van der Waals surface area contributed by atoms with E-state index in [2.05, 4.69) is 25.1 Å². The second-order valence-corrected chi connectivity index (χ2v) is 10.3. The quantitative estimate of drug-likeness (QED) is 0.281. The second-order valence-electron chi connectivity index (χ2n) is 10.3. The summed E-state index contributed by atoms with van der Waals surface area (Å²) in [6.07, 6.45) is 3.29. The zero-order chi connectivity index (χ0) is 30.6. The fraction of sp³-hybridized carbons (Fsp3) is 0.333. The first-order valence-corrected chi connectivity index (χ1v) is 13.6. The Hall–Kier alpha value is -5.41. The first kappa shape index (κ1) is 27.7. The third-order valence-electron chi connectivity index (χ3n) is 7.51. The van der Waals surface area contributed by atoms with Crippen LogP contribution in [-0.4, -0.2) is 86.9 Å². The molecule has 5 heterocycles. The molecule has 4 aromatic heterocycles. The van der Waals surface area contributed by atoms with Crippen LogP contribution in [0.2, 0.25) is 0 Å².